The minimum atomic E-state index is -0.572. The van der Waals surface area contributed by atoms with Gasteiger partial charge in [0.2, 0.25) is 5.91 Å². The Bertz CT molecular complexity index is 776. The van der Waals surface area contributed by atoms with Crippen LogP contribution in [0.4, 0.5) is 5.82 Å². The second kappa shape index (κ2) is 7.60. The van der Waals surface area contributed by atoms with Crippen molar-refractivity contribution >= 4 is 29.0 Å². The van der Waals surface area contributed by atoms with Crippen LogP contribution in [0.1, 0.15) is 40.6 Å². The molecular formula is C17H21N5O2S. The van der Waals surface area contributed by atoms with Crippen LogP contribution < -0.4 is 11.1 Å². The maximum absolute atomic E-state index is 12.9. The summed E-state index contributed by atoms with van der Waals surface area (Å²) in [5.41, 5.74) is 7.12. The molecule has 0 fully saturated rings. The molecule has 0 saturated carbocycles. The summed E-state index contributed by atoms with van der Waals surface area (Å²) >= 11 is 1.73. The van der Waals surface area contributed by atoms with Gasteiger partial charge in [-0.05, 0) is 29.9 Å². The van der Waals surface area contributed by atoms with Crippen molar-refractivity contribution in [1.82, 2.24) is 20.2 Å². The summed E-state index contributed by atoms with van der Waals surface area (Å²) in [5.74, 6) is -0.364. The average molecular weight is 359 g/mol. The highest BCUT2D eigenvalue weighted by atomic mass is 32.1. The minimum Gasteiger partial charge on any atom is -0.383 e. The van der Waals surface area contributed by atoms with Gasteiger partial charge < -0.3 is 16.0 Å². The number of hydrogen-bond donors (Lipinski definition) is 2. The summed E-state index contributed by atoms with van der Waals surface area (Å²) < 4.78 is 0. The fourth-order valence-corrected chi connectivity index (χ4v) is 3.84. The zero-order valence-electron chi connectivity index (χ0n) is 14.1. The van der Waals surface area contributed by atoms with Crippen LogP contribution in [-0.4, -0.2) is 39.3 Å². The molecule has 0 radical (unpaired) electrons. The van der Waals surface area contributed by atoms with E-state index in [-0.39, 0.29) is 17.3 Å². The summed E-state index contributed by atoms with van der Waals surface area (Å²) in [7, 11) is 0. The fraction of sp³-hybridized carbons (Fsp3) is 0.412. The van der Waals surface area contributed by atoms with Crippen LogP contribution in [0, 0.1) is 0 Å². The maximum atomic E-state index is 12.9. The summed E-state index contributed by atoms with van der Waals surface area (Å²) in [6.45, 7) is 3.27. The summed E-state index contributed by atoms with van der Waals surface area (Å²) in [4.78, 5) is 36.2. The third-order valence-corrected chi connectivity index (χ3v) is 5.31. The number of nitrogens with zero attached hydrogens (tertiary/aromatic N) is 3. The molecule has 132 valence electrons. The standard InChI is InChI=1S/C17H21N5O2S/c1-2-3-13(21-16(23)12-8-19-10-20-15(12)18)17(24)22-6-4-14-11(9-22)5-7-25-14/h5,7-8,10,13H,2-4,6,9H2,1H3,(H,21,23)(H2,18,19,20). The van der Waals surface area contributed by atoms with Crippen molar-refractivity contribution in [2.45, 2.75) is 38.8 Å². The van der Waals surface area contributed by atoms with Gasteiger partial charge in [-0.2, -0.15) is 0 Å². The molecular weight excluding hydrogens is 338 g/mol. The van der Waals surface area contributed by atoms with Gasteiger partial charge in [-0.1, -0.05) is 13.3 Å². The van der Waals surface area contributed by atoms with E-state index in [4.69, 9.17) is 5.73 Å². The Hall–Kier alpha value is -2.48. The van der Waals surface area contributed by atoms with Crippen molar-refractivity contribution in [2.24, 2.45) is 0 Å². The van der Waals surface area contributed by atoms with E-state index in [1.54, 1.807) is 11.3 Å². The van der Waals surface area contributed by atoms with Gasteiger partial charge in [0.05, 0.1) is 5.56 Å². The Morgan fingerprint density at radius 2 is 2.32 bits per heavy atom. The number of nitrogens with two attached hydrogens (primary N) is 1. The first-order valence-corrected chi connectivity index (χ1v) is 9.18. The van der Waals surface area contributed by atoms with E-state index < -0.39 is 11.9 Å². The molecule has 2 aromatic rings. The molecule has 8 heteroatoms. The van der Waals surface area contributed by atoms with E-state index >= 15 is 0 Å². The molecule has 1 aliphatic heterocycles. The summed E-state index contributed by atoms with van der Waals surface area (Å²) in [6, 6.07) is 1.49. The van der Waals surface area contributed by atoms with Gasteiger partial charge in [-0.25, -0.2) is 9.97 Å². The zero-order valence-corrected chi connectivity index (χ0v) is 14.9. The van der Waals surface area contributed by atoms with E-state index in [0.717, 1.165) is 12.8 Å². The van der Waals surface area contributed by atoms with Crippen molar-refractivity contribution in [3.63, 3.8) is 0 Å². The number of amides is 2. The van der Waals surface area contributed by atoms with E-state index in [1.807, 2.05) is 11.8 Å². The first-order chi connectivity index (χ1) is 12.1. The van der Waals surface area contributed by atoms with Crippen molar-refractivity contribution in [3.05, 3.63) is 40.0 Å². The Balaban J connectivity index is 1.71. The number of thiophene rings is 1. The number of nitrogens with one attached hydrogen (secondary N) is 1. The lowest BCUT2D eigenvalue weighted by molar-refractivity contribution is -0.134. The lowest BCUT2D eigenvalue weighted by Gasteiger charge is -2.31. The zero-order chi connectivity index (χ0) is 17.8. The van der Waals surface area contributed by atoms with Crippen molar-refractivity contribution in [3.8, 4) is 0 Å². The molecule has 2 amide bonds. The first kappa shape index (κ1) is 17.3. The van der Waals surface area contributed by atoms with Crippen LogP contribution in [0.3, 0.4) is 0 Å². The number of aromatic nitrogens is 2. The van der Waals surface area contributed by atoms with E-state index in [1.165, 1.54) is 23.0 Å². The summed E-state index contributed by atoms with van der Waals surface area (Å²) in [6.07, 6.45) is 4.88. The second-order valence-electron chi connectivity index (χ2n) is 6.02. The number of nitrogen functional groups attached to an aromatic ring is 1. The van der Waals surface area contributed by atoms with Gasteiger partial charge >= 0.3 is 0 Å². The molecule has 3 heterocycles. The Morgan fingerprint density at radius 1 is 1.48 bits per heavy atom. The predicted octanol–water partition coefficient (Wildman–Crippen LogP) is 1.60. The van der Waals surface area contributed by atoms with Crippen molar-refractivity contribution < 1.29 is 9.59 Å². The molecule has 3 rings (SSSR count). The largest absolute Gasteiger partial charge is 0.383 e. The SMILES string of the molecule is CCCC(NC(=O)c1cncnc1N)C(=O)N1CCc2sccc2C1. The highest BCUT2D eigenvalue weighted by Crippen LogP contribution is 2.24. The Labute approximate surface area is 150 Å². The number of hydrogen-bond acceptors (Lipinski definition) is 6. The van der Waals surface area contributed by atoms with Crippen LogP contribution >= 0.6 is 11.3 Å². The van der Waals surface area contributed by atoms with Crippen LogP contribution in [0.25, 0.3) is 0 Å². The number of carbonyl (C=O) groups excluding carboxylic acids is 2. The fourth-order valence-electron chi connectivity index (χ4n) is 2.95. The van der Waals surface area contributed by atoms with E-state index in [0.29, 0.717) is 19.5 Å². The molecule has 0 spiro atoms. The Kier molecular flexibility index (Phi) is 5.28. The van der Waals surface area contributed by atoms with Gasteiger partial charge in [-0.15, -0.1) is 11.3 Å². The lowest BCUT2D eigenvalue weighted by Crippen LogP contribution is -2.49. The van der Waals surface area contributed by atoms with Crippen molar-refractivity contribution in [1.29, 1.82) is 0 Å². The summed E-state index contributed by atoms with van der Waals surface area (Å²) in [5, 5.41) is 4.86. The molecule has 3 N–H and O–H groups in total. The van der Waals surface area contributed by atoms with Gasteiger partial charge in [0.15, 0.2) is 0 Å². The average Bonchev–Trinajstić information content (AvgIpc) is 3.08. The number of rotatable bonds is 5. The van der Waals surface area contributed by atoms with E-state index in [2.05, 4.69) is 26.7 Å². The topological polar surface area (TPSA) is 101 Å². The second-order valence-corrected chi connectivity index (χ2v) is 7.02. The van der Waals surface area contributed by atoms with Gasteiger partial charge in [0, 0.05) is 24.2 Å². The van der Waals surface area contributed by atoms with E-state index in [9.17, 15) is 9.59 Å². The maximum Gasteiger partial charge on any atom is 0.257 e. The predicted molar refractivity (Wildman–Crippen MR) is 96.0 cm³/mol. The molecule has 2 aromatic heterocycles. The smallest absolute Gasteiger partial charge is 0.257 e. The Morgan fingerprint density at radius 3 is 3.08 bits per heavy atom. The normalized spacial score (nSPS) is 14.7. The minimum absolute atomic E-state index is 0.0533. The van der Waals surface area contributed by atoms with Crippen molar-refractivity contribution in [2.75, 3.05) is 12.3 Å². The quantitative estimate of drug-likeness (QED) is 0.844. The monoisotopic (exact) mass is 359 g/mol. The molecule has 1 aliphatic rings. The highest BCUT2D eigenvalue weighted by molar-refractivity contribution is 7.10. The molecule has 1 atom stereocenters. The molecule has 0 aliphatic carbocycles. The van der Waals surface area contributed by atoms with Gasteiger partial charge in [0.1, 0.15) is 18.2 Å². The molecule has 7 nitrogen and oxygen atoms in total. The molecule has 0 saturated heterocycles. The number of fused-ring (bicyclic) bond motifs is 1. The number of anilines is 1. The molecule has 0 bridgehead atoms. The third kappa shape index (κ3) is 3.79. The van der Waals surface area contributed by atoms with Crippen LogP contribution in [0.5, 0.6) is 0 Å². The highest BCUT2D eigenvalue weighted by Gasteiger charge is 2.29. The lowest BCUT2D eigenvalue weighted by atomic mass is 10.1. The first-order valence-electron chi connectivity index (χ1n) is 8.30. The van der Waals surface area contributed by atoms with Gasteiger partial charge in [-0.3, -0.25) is 9.59 Å². The van der Waals surface area contributed by atoms with Crippen LogP contribution in [-0.2, 0) is 17.8 Å². The van der Waals surface area contributed by atoms with Crippen LogP contribution in [0.2, 0.25) is 0 Å². The van der Waals surface area contributed by atoms with Crippen LogP contribution in [0.15, 0.2) is 24.0 Å². The van der Waals surface area contributed by atoms with Gasteiger partial charge in [0.25, 0.3) is 5.91 Å². The third-order valence-electron chi connectivity index (χ3n) is 4.29. The molecule has 25 heavy (non-hydrogen) atoms. The molecule has 1 unspecified atom stereocenters. The number of carbonyl (C=O) groups is 2. The molecule has 0 aromatic carbocycles.